The molecule has 30 heavy (non-hydrogen) atoms. The monoisotopic (exact) mass is 461 g/mol. The summed E-state index contributed by atoms with van der Waals surface area (Å²) in [7, 11) is -4.14. The lowest BCUT2D eigenvalue weighted by atomic mass is 9.98. The summed E-state index contributed by atoms with van der Waals surface area (Å²) in [4.78, 5) is 11.8. The molecule has 1 aliphatic heterocycles. The van der Waals surface area contributed by atoms with Gasteiger partial charge in [0.2, 0.25) is 10.0 Å². The molecule has 162 valence electrons. The van der Waals surface area contributed by atoms with Crippen LogP contribution in [0.3, 0.4) is 0 Å². The lowest BCUT2D eigenvalue weighted by Gasteiger charge is -2.30. The molecule has 1 fully saturated rings. The number of hydrogen-bond donors (Lipinski definition) is 0. The minimum absolute atomic E-state index is 0.0113. The Morgan fingerprint density at radius 2 is 1.73 bits per heavy atom. The Balaban J connectivity index is 1.63. The third-order valence-electron chi connectivity index (χ3n) is 4.89. The number of sulfonamides is 1. The fraction of sp³-hybridized carbons (Fsp3) is 0.350. The first-order valence-electron chi connectivity index (χ1n) is 9.16. The Morgan fingerprint density at radius 1 is 1.10 bits per heavy atom. The lowest BCUT2D eigenvalue weighted by Crippen LogP contribution is -2.40. The van der Waals surface area contributed by atoms with Crippen LogP contribution in [0.2, 0.25) is 5.02 Å². The summed E-state index contributed by atoms with van der Waals surface area (Å²) in [6.07, 6.45) is -4.31. The SMILES string of the molecule is O=C(OCc1ccccc1)C1CCN(S(=O)(=O)c2ccc(Cl)c(C(F)(F)F)c2)CC1. The highest BCUT2D eigenvalue weighted by Crippen LogP contribution is 2.36. The zero-order chi connectivity index (χ0) is 21.9. The maximum absolute atomic E-state index is 13.1. The molecular formula is C20H19ClF3NO4S. The Bertz CT molecular complexity index is 1000. The molecular weight excluding hydrogens is 443 g/mol. The smallest absolute Gasteiger partial charge is 0.417 e. The quantitative estimate of drug-likeness (QED) is 0.615. The summed E-state index contributed by atoms with van der Waals surface area (Å²) < 4.78 is 71.1. The van der Waals surface area contributed by atoms with Crippen LogP contribution in [0.4, 0.5) is 13.2 Å². The Labute approximate surface area is 177 Å². The highest BCUT2D eigenvalue weighted by molar-refractivity contribution is 7.89. The highest BCUT2D eigenvalue weighted by Gasteiger charge is 2.37. The van der Waals surface area contributed by atoms with Crippen molar-refractivity contribution in [3.8, 4) is 0 Å². The summed E-state index contributed by atoms with van der Waals surface area (Å²) in [6.45, 7) is 0.151. The molecule has 0 radical (unpaired) electrons. The topological polar surface area (TPSA) is 63.7 Å². The van der Waals surface area contributed by atoms with Gasteiger partial charge in [-0.3, -0.25) is 4.79 Å². The average Bonchev–Trinajstić information content (AvgIpc) is 2.72. The van der Waals surface area contributed by atoms with Gasteiger partial charge in [-0.25, -0.2) is 8.42 Å². The van der Waals surface area contributed by atoms with E-state index in [1.807, 2.05) is 30.3 Å². The number of piperidine rings is 1. The first-order chi connectivity index (χ1) is 14.1. The van der Waals surface area contributed by atoms with Crippen LogP contribution >= 0.6 is 11.6 Å². The number of carbonyl (C=O) groups is 1. The van der Waals surface area contributed by atoms with Crippen molar-refractivity contribution in [2.24, 2.45) is 5.92 Å². The van der Waals surface area contributed by atoms with E-state index in [1.165, 1.54) is 0 Å². The Hall–Kier alpha value is -2.10. The van der Waals surface area contributed by atoms with Gasteiger partial charge in [-0.05, 0) is 36.6 Å². The van der Waals surface area contributed by atoms with Crippen molar-refractivity contribution in [3.63, 3.8) is 0 Å². The van der Waals surface area contributed by atoms with E-state index < -0.39 is 43.6 Å². The molecule has 10 heteroatoms. The van der Waals surface area contributed by atoms with Crippen LogP contribution < -0.4 is 0 Å². The van der Waals surface area contributed by atoms with Crippen LogP contribution in [-0.2, 0) is 32.3 Å². The zero-order valence-corrected chi connectivity index (χ0v) is 17.3. The van der Waals surface area contributed by atoms with E-state index in [0.29, 0.717) is 6.07 Å². The molecule has 1 aliphatic rings. The molecule has 3 rings (SSSR count). The second-order valence-corrected chi connectivity index (χ2v) is 9.26. The van der Waals surface area contributed by atoms with Crippen molar-refractivity contribution < 1.29 is 31.1 Å². The predicted octanol–water partition coefficient (Wildman–Crippen LogP) is 4.50. The van der Waals surface area contributed by atoms with Gasteiger partial charge in [0.1, 0.15) is 6.61 Å². The molecule has 0 atom stereocenters. The number of nitrogens with zero attached hydrogens (tertiary/aromatic N) is 1. The number of hydrogen-bond acceptors (Lipinski definition) is 4. The summed E-state index contributed by atoms with van der Waals surface area (Å²) in [5.41, 5.74) is -0.362. The van der Waals surface area contributed by atoms with E-state index in [2.05, 4.69) is 0 Å². The van der Waals surface area contributed by atoms with E-state index in [-0.39, 0.29) is 32.5 Å². The van der Waals surface area contributed by atoms with Gasteiger partial charge in [0.05, 0.1) is 21.4 Å². The van der Waals surface area contributed by atoms with Crippen molar-refractivity contribution in [1.82, 2.24) is 4.31 Å². The summed E-state index contributed by atoms with van der Waals surface area (Å²) in [5.74, 6) is -0.877. The fourth-order valence-corrected chi connectivity index (χ4v) is 4.93. The van der Waals surface area contributed by atoms with Crippen LogP contribution in [0.5, 0.6) is 0 Å². The van der Waals surface area contributed by atoms with E-state index in [4.69, 9.17) is 16.3 Å². The zero-order valence-electron chi connectivity index (χ0n) is 15.7. The van der Waals surface area contributed by atoms with Crippen LogP contribution in [0.15, 0.2) is 53.4 Å². The summed E-state index contributed by atoms with van der Waals surface area (Å²) >= 11 is 5.56. The molecule has 0 bridgehead atoms. The second kappa shape index (κ2) is 8.95. The number of benzene rings is 2. The number of rotatable bonds is 5. The maximum Gasteiger partial charge on any atom is 0.417 e. The average molecular weight is 462 g/mol. The number of carbonyl (C=O) groups excluding carboxylic acids is 1. The van der Waals surface area contributed by atoms with E-state index in [1.54, 1.807) is 0 Å². The molecule has 0 aliphatic carbocycles. The molecule has 0 spiro atoms. The summed E-state index contributed by atoms with van der Waals surface area (Å²) in [5, 5.41) is -0.568. The Morgan fingerprint density at radius 3 is 2.33 bits per heavy atom. The number of esters is 1. The second-order valence-electron chi connectivity index (χ2n) is 6.91. The van der Waals surface area contributed by atoms with Gasteiger partial charge >= 0.3 is 12.1 Å². The van der Waals surface area contributed by atoms with Gasteiger partial charge in [0, 0.05) is 13.1 Å². The molecule has 0 aromatic heterocycles. The highest BCUT2D eigenvalue weighted by atomic mass is 35.5. The van der Waals surface area contributed by atoms with Crippen LogP contribution in [0, 0.1) is 5.92 Å². The third kappa shape index (κ3) is 5.14. The van der Waals surface area contributed by atoms with Gasteiger partial charge in [-0.2, -0.15) is 17.5 Å². The van der Waals surface area contributed by atoms with Crippen LogP contribution in [0.25, 0.3) is 0 Å². The first kappa shape index (κ1) is 22.6. The summed E-state index contributed by atoms with van der Waals surface area (Å²) in [6, 6.07) is 11.7. The molecule has 0 saturated carbocycles. The van der Waals surface area contributed by atoms with Gasteiger partial charge in [0.15, 0.2) is 0 Å². The molecule has 1 saturated heterocycles. The van der Waals surface area contributed by atoms with Crippen molar-refractivity contribution in [1.29, 1.82) is 0 Å². The molecule has 2 aromatic rings. The van der Waals surface area contributed by atoms with Crippen LogP contribution in [0.1, 0.15) is 24.0 Å². The molecule has 2 aromatic carbocycles. The number of ether oxygens (including phenoxy) is 1. The fourth-order valence-electron chi connectivity index (χ4n) is 3.21. The van der Waals surface area contributed by atoms with Crippen molar-refractivity contribution in [2.75, 3.05) is 13.1 Å². The maximum atomic E-state index is 13.1. The van der Waals surface area contributed by atoms with Gasteiger partial charge in [0.25, 0.3) is 0 Å². The molecule has 0 N–H and O–H groups in total. The first-order valence-corrected chi connectivity index (χ1v) is 11.0. The van der Waals surface area contributed by atoms with E-state index >= 15 is 0 Å². The molecule has 0 amide bonds. The lowest BCUT2D eigenvalue weighted by molar-refractivity contribution is -0.151. The van der Waals surface area contributed by atoms with Gasteiger partial charge < -0.3 is 4.74 Å². The Kier molecular flexibility index (Phi) is 6.74. The molecule has 0 unspecified atom stereocenters. The van der Waals surface area contributed by atoms with Crippen molar-refractivity contribution in [2.45, 2.75) is 30.5 Å². The number of halogens is 4. The third-order valence-corrected chi connectivity index (χ3v) is 7.12. The minimum Gasteiger partial charge on any atom is -0.461 e. The number of alkyl halides is 3. The predicted molar refractivity (Wildman–Crippen MR) is 104 cm³/mol. The van der Waals surface area contributed by atoms with Gasteiger partial charge in [-0.1, -0.05) is 41.9 Å². The van der Waals surface area contributed by atoms with E-state index in [9.17, 15) is 26.4 Å². The standard InChI is InChI=1S/C20H19ClF3NO4S/c21-18-7-6-16(12-17(18)20(22,23)24)30(27,28)25-10-8-15(9-11-25)19(26)29-13-14-4-2-1-3-5-14/h1-7,12,15H,8-11,13H2. The van der Waals surface area contributed by atoms with Gasteiger partial charge in [-0.15, -0.1) is 0 Å². The van der Waals surface area contributed by atoms with Crippen molar-refractivity contribution in [3.05, 3.63) is 64.7 Å². The minimum atomic E-state index is -4.77. The van der Waals surface area contributed by atoms with Crippen LogP contribution in [-0.4, -0.2) is 31.8 Å². The molecule has 5 nitrogen and oxygen atoms in total. The van der Waals surface area contributed by atoms with E-state index in [0.717, 1.165) is 22.0 Å². The molecule has 1 heterocycles. The largest absolute Gasteiger partial charge is 0.461 e. The normalized spacial score (nSPS) is 16.4. The van der Waals surface area contributed by atoms with Crippen molar-refractivity contribution >= 4 is 27.6 Å².